The fourth-order valence-electron chi connectivity index (χ4n) is 2.34. The summed E-state index contributed by atoms with van der Waals surface area (Å²) in [5.41, 5.74) is 1.15. The predicted octanol–water partition coefficient (Wildman–Crippen LogP) is 4.77. The van der Waals surface area contributed by atoms with Crippen molar-refractivity contribution in [2.45, 2.75) is 6.92 Å². The number of carbonyl (C=O) groups is 1. The Morgan fingerprint density at radius 2 is 2.13 bits per heavy atom. The van der Waals surface area contributed by atoms with Gasteiger partial charge in [-0.3, -0.25) is 4.79 Å². The first kappa shape index (κ1) is 15.3. The third kappa shape index (κ3) is 2.71. The Kier molecular flexibility index (Phi) is 3.89. The molecule has 0 radical (unpaired) electrons. The van der Waals surface area contributed by atoms with Gasteiger partial charge in [-0.05, 0) is 37.3 Å². The zero-order valence-electron chi connectivity index (χ0n) is 12.0. The first-order valence-corrected chi connectivity index (χ1v) is 7.49. The fourth-order valence-corrected chi connectivity index (χ4v) is 2.68. The molecular formula is C17H10BrFN2O2. The molecule has 0 aliphatic heterocycles. The van der Waals surface area contributed by atoms with Crippen LogP contribution in [0.1, 0.15) is 21.7 Å². The van der Waals surface area contributed by atoms with E-state index in [0.29, 0.717) is 11.1 Å². The molecule has 0 bridgehead atoms. The highest BCUT2D eigenvalue weighted by atomic mass is 79.9. The summed E-state index contributed by atoms with van der Waals surface area (Å²) in [6, 6.07) is 11.3. The van der Waals surface area contributed by atoms with Crippen molar-refractivity contribution in [3.05, 3.63) is 63.6 Å². The third-order valence-electron chi connectivity index (χ3n) is 3.48. The van der Waals surface area contributed by atoms with Gasteiger partial charge >= 0.3 is 0 Å². The molecule has 0 unspecified atom stereocenters. The summed E-state index contributed by atoms with van der Waals surface area (Å²) in [6.07, 6.45) is 0. The zero-order chi connectivity index (χ0) is 16.6. The average molecular weight is 373 g/mol. The lowest BCUT2D eigenvalue weighted by atomic mass is 10.1. The summed E-state index contributed by atoms with van der Waals surface area (Å²) < 4.78 is 20.0. The Bertz CT molecular complexity index is 973. The van der Waals surface area contributed by atoms with Crippen LogP contribution in [0.3, 0.4) is 0 Å². The summed E-state index contributed by atoms with van der Waals surface area (Å²) in [7, 11) is 0. The van der Waals surface area contributed by atoms with E-state index in [1.165, 1.54) is 12.1 Å². The number of fused-ring (bicyclic) bond motifs is 1. The highest BCUT2D eigenvalue weighted by Crippen LogP contribution is 2.29. The first-order chi connectivity index (χ1) is 11.0. The van der Waals surface area contributed by atoms with Gasteiger partial charge in [0.05, 0.1) is 5.69 Å². The summed E-state index contributed by atoms with van der Waals surface area (Å²) >= 11 is 3.35. The predicted molar refractivity (Wildman–Crippen MR) is 87.7 cm³/mol. The number of benzene rings is 2. The van der Waals surface area contributed by atoms with Gasteiger partial charge in [-0.2, -0.15) is 5.26 Å². The number of amides is 1. The van der Waals surface area contributed by atoms with Crippen LogP contribution < -0.4 is 5.32 Å². The minimum atomic E-state index is -0.685. The number of nitrogens with zero attached hydrogens (tertiary/aromatic N) is 1. The van der Waals surface area contributed by atoms with Crippen LogP contribution in [-0.2, 0) is 0 Å². The zero-order valence-corrected chi connectivity index (χ0v) is 13.6. The lowest BCUT2D eigenvalue weighted by molar-refractivity contribution is 0.0998. The molecule has 4 nitrogen and oxygen atoms in total. The van der Waals surface area contributed by atoms with E-state index in [-0.39, 0.29) is 17.0 Å². The van der Waals surface area contributed by atoms with E-state index < -0.39 is 11.7 Å². The molecule has 0 saturated carbocycles. The normalized spacial score (nSPS) is 10.5. The monoisotopic (exact) mass is 372 g/mol. The van der Waals surface area contributed by atoms with Gasteiger partial charge in [0, 0.05) is 15.4 Å². The molecule has 1 heterocycles. The molecule has 23 heavy (non-hydrogen) atoms. The minimum absolute atomic E-state index is 0.110. The topological polar surface area (TPSA) is 66.0 Å². The average Bonchev–Trinajstić information content (AvgIpc) is 2.84. The molecule has 0 fully saturated rings. The van der Waals surface area contributed by atoms with E-state index in [1.807, 2.05) is 12.1 Å². The van der Waals surface area contributed by atoms with Crippen LogP contribution in [0.2, 0.25) is 0 Å². The van der Waals surface area contributed by atoms with Crippen LogP contribution in [0.5, 0.6) is 0 Å². The molecule has 0 aliphatic rings. The largest absolute Gasteiger partial charge is 0.451 e. The van der Waals surface area contributed by atoms with E-state index in [2.05, 4.69) is 21.2 Å². The third-order valence-corrected chi connectivity index (χ3v) is 3.97. The molecule has 1 amide bonds. The van der Waals surface area contributed by atoms with Crippen LogP contribution in [0.15, 0.2) is 45.3 Å². The number of carbonyl (C=O) groups excluding carboxylic acids is 1. The molecule has 0 spiro atoms. The molecular weight excluding hydrogens is 363 g/mol. The number of nitrogens with one attached hydrogen (secondary N) is 1. The van der Waals surface area contributed by atoms with E-state index in [0.717, 1.165) is 15.9 Å². The summed E-state index contributed by atoms with van der Waals surface area (Å²) in [4.78, 5) is 12.4. The van der Waals surface area contributed by atoms with Crippen molar-refractivity contribution in [2.75, 3.05) is 5.32 Å². The molecule has 1 aromatic heterocycles. The molecule has 1 N–H and O–H groups in total. The number of aryl methyl sites for hydroxylation is 1. The second-order valence-corrected chi connectivity index (χ2v) is 5.84. The maximum Gasteiger partial charge on any atom is 0.291 e. The molecule has 6 heteroatoms. The molecule has 3 aromatic rings. The maximum atomic E-state index is 13.6. The van der Waals surface area contributed by atoms with Crippen LogP contribution >= 0.6 is 15.9 Å². The van der Waals surface area contributed by atoms with E-state index in [4.69, 9.17) is 9.68 Å². The Morgan fingerprint density at radius 3 is 2.87 bits per heavy atom. The summed E-state index contributed by atoms with van der Waals surface area (Å²) in [6.45, 7) is 1.77. The number of anilines is 1. The molecule has 2 aromatic carbocycles. The lowest BCUT2D eigenvalue weighted by Gasteiger charge is -2.06. The van der Waals surface area contributed by atoms with Crippen molar-refractivity contribution < 1.29 is 13.6 Å². The van der Waals surface area contributed by atoms with E-state index in [1.54, 1.807) is 19.1 Å². The molecule has 114 valence electrons. The number of furan rings is 1. The second kappa shape index (κ2) is 5.86. The smallest absolute Gasteiger partial charge is 0.291 e. The van der Waals surface area contributed by atoms with Gasteiger partial charge in [0.15, 0.2) is 5.76 Å². The molecule has 0 atom stereocenters. The Balaban J connectivity index is 2.01. The summed E-state index contributed by atoms with van der Waals surface area (Å²) in [5, 5.41) is 12.4. The number of nitriles is 1. The molecule has 3 rings (SSSR count). The number of hydrogen-bond acceptors (Lipinski definition) is 3. The van der Waals surface area contributed by atoms with Crippen molar-refractivity contribution in [1.29, 1.82) is 5.26 Å². The van der Waals surface area contributed by atoms with Gasteiger partial charge in [0.25, 0.3) is 5.91 Å². The van der Waals surface area contributed by atoms with Crippen molar-refractivity contribution in [2.24, 2.45) is 0 Å². The Morgan fingerprint density at radius 1 is 1.35 bits per heavy atom. The van der Waals surface area contributed by atoms with Crippen molar-refractivity contribution in [1.82, 2.24) is 0 Å². The van der Waals surface area contributed by atoms with Crippen LogP contribution in [0.25, 0.3) is 11.0 Å². The highest BCUT2D eigenvalue weighted by molar-refractivity contribution is 9.10. The Hall–Kier alpha value is -2.65. The van der Waals surface area contributed by atoms with Gasteiger partial charge < -0.3 is 9.73 Å². The van der Waals surface area contributed by atoms with Crippen molar-refractivity contribution >= 4 is 38.5 Å². The SMILES string of the molecule is Cc1c(C(=O)Nc2cccc(F)c2C#N)oc2cc(Br)ccc12. The van der Waals surface area contributed by atoms with Crippen molar-refractivity contribution in [3.63, 3.8) is 0 Å². The second-order valence-electron chi connectivity index (χ2n) is 4.92. The summed E-state index contributed by atoms with van der Waals surface area (Å²) in [5.74, 6) is -1.08. The number of halogens is 2. The van der Waals surface area contributed by atoms with Crippen molar-refractivity contribution in [3.8, 4) is 6.07 Å². The van der Waals surface area contributed by atoms with Gasteiger partial charge in [-0.25, -0.2) is 4.39 Å². The minimum Gasteiger partial charge on any atom is -0.451 e. The van der Waals surface area contributed by atoms with Gasteiger partial charge in [0.2, 0.25) is 0 Å². The van der Waals surface area contributed by atoms with Crippen LogP contribution in [0.4, 0.5) is 10.1 Å². The molecule has 0 saturated heterocycles. The van der Waals surface area contributed by atoms with Gasteiger partial charge in [-0.15, -0.1) is 0 Å². The quantitative estimate of drug-likeness (QED) is 0.704. The maximum absolute atomic E-state index is 13.6. The number of rotatable bonds is 2. The first-order valence-electron chi connectivity index (χ1n) is 6.70. The Labute approximate surface area is 139 Å². The number of hydrogen-bond donors (Lipinski definition) is 1. The standard InChI is InChI=1S/C17H10BrFN2O2/c1-9-11-6-5-10(18)7-15(11)23-16(9)17(22)21-14-4-2-3-13(19)12(14)8-20/h2-7H,1H3,(H,21,22). The fraction of sp³-hybridized carbons (Fsp3) is 0.0588. The molecule has 0 aliphatic carbocycles. The van der Waals surface area contributed by atoms with E-state index >= 15 is 0 Å². The van der Waals surface area contributed by atoms with Crippen LogP contribution in [0, 0.1) is 24.1 Å². The van der Waals surface area contributed by atoms with Crippen LogP contribution in [-0.4, -0.2) is 5.91 Å². The van der Waals surface area contributed by atoms with Gasteiger partial charge in [-0.1, -0.05) is 22.0 Å². The lowest BCUT2D eigenvalue weighted by Crippen LogP contribution is -2.13. The van der Waals surface area contributed by atoms with E-state index in [9.17, 15) is 9.18 Å². The van der Waals surface area contributed by atoms with Gasteiger partial charge in [0.1, 0.15) is 23.0 Å². The highest BCUT2D eigenvalue weighted by Gasteiger charge is 2.19.